The molecule has 1 heterocycles. The summed E-state index contributed by atoms with van der Waals surface area (Å²) in [6.45, 7) is 3.63. The Bertz CT molecular complexity index is 797. The molecule has 3 nitrogen and oxygen atoms in total. The Labute approximate surface area is 137 Å². The van der Waals surface area contributed by atoms with E-state index in [0.717, 1.165) is 23.2 Å². The number of rotatable bonds is 5. The smallest absolute Gasteiger partial charge is 0.222 e. The van der Waals surface area contributed by atoms with Gasteiger partial charge in [-0.2, -0.15) is 0 Å². The van der Waals surface area contributed by atoms with Crippen molar-refractivity contribution in [1.82, 2.24) is 9.88 Å². The van der Waals surface area contributed by atoms with E-state index in [2.05, 4.69) is 36.1 Å². The van der Waals surface area contributed by atoms with Crippen molar-refractivity contribution in [3.63, 3.8) is 0 Å². The summed E-state index contributed by atoms with van der Waals surface area (Å²) < 4.78 is 6.04. The predicted octanol–water partition coefficient (Wildman–Crippen LogP) is 4.15. The van der Waals surface area contributed by atoms with Crippen LogP contribution < -0.4 is 4.74 Å². The molecule has 0 aliphatic carbocycles. The Hall–Kier alpha value is -2.39. The van der Waals surface area contributed by atoms with Gasteiger partial charge in [-0.15, -0.1) is 0 Å². The lowest BCUT2D eigenvalue weighted by atomic mass is 9.98. The third kappa shape index (κ3) is 3.35. The van der Waals surface area contributed by atoms with Gasteiger partial charge in [-0.3, -0.25) is 0 Å². The van der Waals surface area contributed by atoms with Crippen molar-refractivity contribution in [1.29, 1.82) is 0 Å². The molecular weight excluding hydrogens is 284 g/mol. The molecule has 0 bridgehead atoms. The van der Waals surface area contributed by atoms with Crippen LogP contribution in [0.5, 0.6) is 5.88 Å². The molecule has 0 spiro atoms. The summed E-state index contributed by atoms with van der Waals surface area (Å²) in [5.41, 5.74) is 4.41. The molecule has 0 fully saturated rings. The topological polar surface area (TPSA) is 25.4 Å². The normalized spacial score (nSPS) is 11.1. The zero-order valence-electron chi connectivity index (χ0n) is 13.9. The highest BCUT2D eigenvalue weighted by Gasteiger charge is 2.15. The fourth-order valence-electron chi connectivity index (χ4n) is 2.72. The van der Waals surface area contributed by atoms with Crippen LogP contribution in [0.25, 0.3) is 22.0 Å². The minimum atomic E-state index is 0.623. The molecule has 0 N–H and O–H groups in total. The van der Waals surface area contributed by atoms with E-state index in [1.54, 1.807) is 0 Å². The lowest BCUT2D eigenvalue weighted by Crippen LogP contribution is -2.20. The van der Waals surface area contributed by atoms with E-state index < -0.39 is 0 Å². The van der Waals surface area contributed by atoms with E-state index in [9.17, 15) is 0 Å². The molecular formula is C20H22N2O. The highest BCUT2D eigenvalue weighted by Crippen LogP contribution is 2.35. The quantitative estimate of drug-likeness (QED) is 0.708. The number of para-hydroxylation sites is 1. The second-order valence-electron chi connectivity index (χ2n) is 5.95. The van der Waals surface area contributed by atoms with Gasteiger partial charge in [0.1, 0.15) is 6.61 Å². The number of nitrogens with zero attached hydrogens (tertiary/aromatic N) is 2. The molecule has 3 heteroatoms. The number of ether oxygens (including phenoxy) is 1. The third-order valence-electron chi connectivity index (χ3n) is 3.96. The van der Waals surface area contributed by atoms with Gasteiger partial charge in [-0.05, 0) is 38.2 Å². The van der Waals surface area contributed by atoms with E-state index in [1.807, 2.05) is 44.4 Å². The molecule has 1 aromatic heterocycles. The number of pyridine rings is 1. The van der Waals surface area contributed by atoms with Crippen molar-refractivity contribution < 1.29 is 4.74 Å². The number of hydrogen-bond donors (Lipinski definition) is 0. The molecule has 0 radical (unpaired) electrons. The van der Waals surface area contributed by atoms with E-state index in [-0.39, 0.29) is 0 Å². The number of benzene rings is 2. The SMILES string of the molecule is Cc1c(-c2ccccc2)c(OCCN(C)C)nc2ccccc12. The Balaban J connectivity index is 2.11. The van der Waals surface area contributed by atoms with Gasteiger partial charge in [-0.1, -0.05) is 48.5 Å². The average molecular weight is 306 g/mol. The minimum absolute atomic E-state index is 0.623. The first-order valence-electron chi connectivity index (χ1n) is 7.89. The molecule has 3 rings (SSSR count). The summed E-state index contributed by atoms with van der Waals surface area (Å²) in [5, 5.41) is 1.17. The Morgan fingerprint density at radius 1 is 0.957 bits per heavy atom. The second-order valence-corrected chi connectivity index (χ2v) is 5.95. The zero-order chi connectivity index (χ0) is 16.2. The molecule has 118 valence electrons. The lowest BCUT2D eigenvalue weighted by molar-refractivity contribution is 0.255. The van der Waals surface area contributed by atoms with Crippen LogP contribution in [-0.4, -0.2) is 37.1 Å². The van der Waals surface area contributed by atoms with Crippen LogP contribution in [-0.2, 0) is 0 Å². The first kappa shape index (κ1) is 15.5. The van der Waals surface area contributed by atoms with Crippen molar-refractivity contribution in [3.8, 4) is 17.0 Å². The first-order valence-corrected chi connectivity index (χ1v) is 7.89. The van der Waals surface area contributed by atoms with Crippen LogP contribution in [0.1, 0.15) is 5.56 Å². The van der Waals surface area contributed by atoms with Gasteiger partial charge in [0.05, 0.1) is 5.52 Å². The number of likely N-dealkylation sites (N-methyl/N-ethyl adjacent to an activating group) is 1. The van der Waals surface area contributed by atoms with Crippen LogP contribution in [0.3, 0.4) is 0 Å². The van der Waals surface area contributed by atoms with Crippen LogP contribution >= 0.6 is 0 Å². The summed E-state index contributed by atoms with van der Waals surface area (Å²) >= 11 is 0. The van der Waals surface area contributed by atoms with Crippen molar-refractivity contribution in [2.75, 3.05) is 27.2 Å². The van der Waals surface area contributed by atoms with Crippen LogP contribution in [0.4, 0.5) is 0 Å². The van der Waals surface area contributed by atoms with Crippen molar-refractivity contribution in [3.05, 3.63) is 60.2 Å². The van der Waals surface area contributed by atoms with Crippen LogP contribution in [0.2, 0.25) is 0 Å². The molecule has 3 aromatic rings. The minimum Gasteiger partial charge on any atom is -0.476 e. The van der Waals surface area contributed by atoms with E-state index in [1.165, 1.54) is 10.9 Å². The van der Waals surface area contributed by atoms with E-state index in [4.69, 9.17) is 9.72 Å². The van der Waals surface area contributed by atoms with Crippen molar-refractivity contribution in [2.24, 2.45) is 0 Å². The maximum absolute atomic E-state index is 6.04. The maximum Gasteiger partial charge on any atom is 0.222 e. The highest BCUT2D eigenvalue weighted by atomic mass is 16.5. The maximum atomic E-state index is 6.04. The summed E-state index contributed by atoms with van der Waals surface area (Å²) in [5.74, 6) is 0.717. The summed E-state index contributed by atoms with van der Waals surface area (Å²) in [6.07, 6.45) is 0. The number of fused-ring (bicyclic) bond motifs is 1. The number of hydrogen-bond acceptors (Lipinski definition) is 3. The molecule has 0 atom stereocenters. The average Bonchev–Trinajstić information content (AvgIpc) is 2.55. The number of aromatic nitrogens is 1. The Morgan fingerprint density at radius 2 is 1.65 bits per heavy atom. The van der Waals surface area contributed by atoms with Crippen LogP contribution in [0, 0.1) is 6.92 Å². The van der Waals surface area contributed by atoms with Gasteiger partial charge in [0, 0.05) is 17.5 Å². The Morgan fingerprint density at radius 3 is 2.39 bits per heavy atom. The molecule has 0 aliphatic rings. The molecule has 2 aromatic carbocycles. The third-order valence-corrected chi connectivity index (χ3v) is 3.96. The van der Waals surface area contributed by atoms with Gasteiger partial charge in [0.25, 0.3) is 0 Å². The second kappa shape index (κ2) is 6.80. The standard InChI is InChI=1S/C20H22N2O/c1-15-17-11-7-8-12-18(17)21-20(23-14-13-22(2)3)19(15)16-9-5-4-6-10-16/h4-12H,13-14H2,1-3H3. The molecule has 23 heavy (non-hydrogen) atoms. The molecule has 0 amide bonds. The molecule has 0 saturated carbocycles. The van der Waals surface area contributed by atoms with Crippen molar-refractivity contribution in [2.45, 2.75) is 6.92 Å². The largest absolute Gasteiger partial charge is 0.476 e. The monoisotopic (exact) mass is 306 g/mol. The fraction of sp³-hybridized carbons (Fsp3) is 0.250. The fourth-order valence-corrected chi connectivity index (χ4v) is 2.72. The van der Waals surface area contributed by atoms with E-state index >= 15 is 0 Å². The predicted molar refractivity (Wildman–Crippen MR) is 96.0 cm³/mol. The highest BCUT2D eigenvalue weighted by molar-refractivity contribution is 5.90. The van der Waals surface area contributed by atoms with Gasteiger partial charge >= 0.3 is 0 Å². The first-order chi connectivity index (χ1) is 11.2. The van der Waals surface area contributed by atoms with Gasteiger partial charge in [-0.25, -0.2) is 4.98 Å². The van der Waals surface area contributed by atoms with E-state index in [0.29, 0.717) is 12.5 Å². The number of aryl methyl sites for hydroxylation is 1. The van der Waals surface area contributed by atoms with Crippen molar-refractivity contribution >= 4 is 10.9 Å². The van der Waals surface area contributed by atoms with Gasteiger partial charge in [0.15, 0.2) is 0 Å². The van der Waals surface area contributed by atoms with Gasteiger partial charge in [0.2, 0.25) is 5.88 Å². The summed E-state index contributed by atoms with van der Waals surface area (Å²) in [6, 6.07) is 18.6. The summed E-state index contributed by atoms with van der Waals surface area (Å²) in [4.78, 5) is 6.88. The summed E-state index contributed by atoms with van der Waals surface area (Å²) in [7, 11) is 4.08. The molecule has 0 aliphatic heterocycles. The van der Waals surface area contributed by atoms with Gasteiger partial charge < -0.3 is 9.64 Å². The van der Waals surface area contributed by atoms with Crippen LogP contribution in [0.15, 0.2) is 54.6 Å². The zero-order valence-corrected chi connectivity index (χ0v) is 13.9. The lowest BCUT2D eigenvalue weighted by Gasteiger charge is -2.17. The Kier molecular flexibility index (Phi) is 4.58. The molecule has 0 saturated heterocycles. The molecule has 0 unspecified atom stereocenters.